The van der Waals surface area contributed by atoms with E-state index in [0.717, 1.165) is 11.3 Å². The first-order valence-corrected chi connectivity index (χ1v) is 8.42. The minimum absolute atomic E-state index is 0.0552. The number of aromatic amines is 1. The van der Waals surface area contributed by atoms with E-state index in [1.54, 1.807) is 6.07 Å². The van der Waals surface area contributed by atoms with Crippen LogP contribution in [0.5, 0.6) is 0 Å². The van der Waals surface area contributed by atoms with E-state index < -0.39 is 0 Å². The van der Waals surface area contributed by atoms with Crippen LogP contribution in [0.2, 0.25) is 5.02 Å². The molecule has 0 bridgehead atoms. The molecule has 3 rings (SSSR count). The van der Waals surface area contributed by atoms with Crippen LogP contribution >= 0.6 is 11.6 Å². The smallest absolute Gasteiger partial charge is 0.228 e. The van der Waals surface area contributed by atoms with Crippen molar-refractivity contribution in [3.8, 4) is 0 Å². The molecule has 24 heavy (non-hydrogen) atoms. The molecule has 1 aliphatic heterocycles. The zero-order chi connectivity index (χ0) is 16.9. The summed E-state index contributed by atoms with van der Waals surface area (Å²) in [6.45, 7) is 2.29. The number of rotatable bonds is 4. The highest BCUT2D eigenvalue weighted by atomic mass is 35.5. The summed E-state index contributed by atoms with van der Waals surface area (Å²) in [6, 6.07) is 11.2. The summed E-state index contributed by atoms with van der Waals surface area (Å²) in [5, 5.41) is 0.616. The second-order valence-corrected chi connectivity index (χ2v) is 6.31. The quantitative estimate of drug-likeness (QED) is 0.922. The van der Waals surface area contributed by atoms with Gasteiger partial charge in [-0.2, -0.15) is 0 Å². The first-order chi connectivity index (χ1) is 11.6. The van der Waals surface area contributed by atoms with Gasteiger partial charge < -0.3 is 14.8 Å². The van der Waals surface area contributed by atoms with Crippen LogP contribution in [-0.4, -0.2) is 52.8 Å². The van der Waals surface area contributed by atoms with Crippen LogP contribution in [-0.2, 0) is 22.4 Å². The van der Waals surface area contributed by atoms with Crippen LogP contribution in [0.25, 0.3) is 0 Å². The van der Waals surface area contributed by atoms with Crippen LogP contribution < -0.4 is 0 Å². The van der Waals surface area contributed by atoms with Gasteiger partial charge in [0.2, 0.25) is 11.8 Å². The maximum Gasteiger partial charge on any atom is 0.228 e. The van der Waals surface area contributed by atoms with Crippen LogP contribution in [0, 0.1) is 0 Å². The molecule has 1 aromatic carbocycles. The number of halogens is 1. The molecule has 1 N–H and O–H groups in total. The molecule has 5 nitrogen and oxygen atoms in total. The van der Waals surface area contributed by atoms with Gasteiger partial charge in [-0.3, -0.25) is 9.59 Å². The predicted octanol–water partition coefficient (Wildman–Crippen LogP) is 2.12. The minimum Gasteiger partial charge on any atom is -0.365 e. The molecule has 1 aliphatic rings. The normalized spacial score (nSPS) is 14.7. The molecule has 1 aromatic heterocycles. The van der Waals surface area contributed by atoms with Crippen LogP contribution in [0.1, 0.15) is 11.3 Å². The molecule has 0 aliphatic carbocycles. The van der Waals surface area contributed by atoms with E-state index >= 15 is 0 Å². The number of benzene rings is 1. The Balaban J connectivity index is 1.50. The summed E-state index contributed by atoms with van der Waals surface area (Å²) in [7, 11) is 0. The molecule has 1 saturated heterocycles. The highest BCUT2D eigenvalue weighted by molar-refractivity contribution is 6.31. The van der Waals surface area contributed by atoms with Crippen molar-refractivity contribution in [3.63, 3.8) is 0 Å². The summed E-state index contributed by atoms with van der Waals surface area (Å²) in [5.41, 5.74) is 1.76. The molecule has 0 saturated carbocycles. The Kier molecular flexibility index (Phi) is 5.20. The van der Waals surface area contributed by atoms with Gasteiger partial charge in [0.25, 0.3) is 0 Å². The fourth-order valence-corrected chi connectivity index (χ4v) is 3.08. The lowest BCUT2D eigenvalue weighted by Crippen LogP contribution is -2.51. The summed E-state index contributed by atoms with van der Waals surface area (Å²) in [6.07, 6.45) is 2.49. The van der Waals surface area contributed by atoms with E-state index in [0.29, 0.717) is 44.0 Å². The molecular formula is C18H20ClN3O2. The Hall–Kier alpha value is -2.27. The van der Waals surface area contributed by atoms with Crippen molar-refractivity contribution >= 4 is 23.4 Å². The molecule has 0 radical (unpaired) electrons. The summed E-state index contributed by atoms with van der Waals surface area (Å²) in [4.78, 5) is 31.3. The van der Waals surface area contributed by atoms with Gasteiger partial charge in [-0.1, -0.05) is 29.8 Å². The van der Waals surface area contributed by atoms with Crippen molar-refractivity contribution in [2.24, 2.45) is 0 Å². The predicted molar refractivity (Wildman–Crippen MR) is 92.8 cm³/mol. The lowest BCUT2D eigenvalue weighted by atomic mass is 10.1. The van der Waals surface area contributed by atoms with Crippen molar-refractivity contribution in [2.75, 3.05) is 26.2 Å². The number of hydrogen-bond donors (Lipinski definition) is 1. The third-order valence-corrected chi connectivity index (χ3v) is 4.66. The van der Waals surface area contributed by atoms with E-state index in [-0.39, 0.29) is 11.8 Å². The zero-order valence-corrected chi connectivity index (χ0v) is 14.1. The Morgan fingerprint density at radius 2 is 1.54 bits per heavy atom. The third-order valence-electron chi connectivity index (χ3n) is 4.29. The van der Waals surface area contributed by atoms with Gasteiger partial charge in [0, 0.05) is 43.1 Å². The molecule has 2 amide bonds. The monoisotopic (exact) mass is 345 g/mol. The zero-order valence-electron chi connectivity index (χ0n) is 13.4. The molecule has 0 unspecified atom stereocenters. The summed E-state index contributed by atoms with van der Waals surface area (Å²) < 4.78 is 0. The van der Waals surface area contributed by atoms with E-state index in [2.05, 4.69) is 4.98 Å². The van der Waals surface area contributed by atoms with Crippen molar-refractivity contribution in [1.29, 1.82) is 0 Å². The highest BCUT2D eigenvalue weighted by Gasteiger charge is 2.24. The number of nitrogens with one attached hydrogen (secondary N) is 1. The van der Waals surface area contributed by atoms with Crippen LogP contribution in [0.4, 0.5) is 0 Å². The maximum absolute atomic E-state index is 12.4. The lowest BCUT2D eigenvalue weighted by Gasteiger charge is -2.35. The van der Waals surface area contributed by atoms with Crippen LogP contribution in [0.3, 0.4) is 0 Å². The van der Waals surface area contributed by atoms with E-state index in [9.17, 15) is 9.59 Å². The van der Waals surface area contributed by atoms with Gasteiger partial charge in [0.05, 0.1) is 12.8 Å². The number of piperazine rings is 1. The first kappa shape index (κ1) is 16.6. The Morgan fingerprint density at radius 3 is 2.12 bits per heavy atom. The second-order valence-electron chi connectivity index (χ2n) is 5.90. The minimum atomic E-state index is 0.0552. The van der Waals surface area contributed by atoms with Gasteiger partial charge in [0.15, 0.2) is 0 Å². The molecule has 1 fully saturated rings. The molecule has 2 aromatic rings. The highest BCUT2D eigenvalue weighted by Crippen LogP contribution is 2.17. The van der Waals surface area contributed by atoms with Crippen LogP contribution in [0.15, 0.2) is 42.6 Å². The molecule has 0 atom stereocenters. The van der Waals surface area contributed by atoms with Crippen molar-refractivity contribution in [1.82, 2.24) is 14.8 Å². The first-order valence-electron chi connectivity index (χ1n) is 8.04. The number of carbonyl (C=O) groups excluding carboxylic acids is 2. The molecule has 126 valence electrons. The molecular weight excluding hydrogens is 326 g/mol. The van der Waals surface area contributed by atoms with Crippen molar-refractivity contribution in [2.45, 2.75) is 12.8 Å². The lowest BCUT2D eigenvalue weighted by molar-refractivity contribution is -0.138. The third kappa shape index (κ3) is 3.97. The largest absolute Gasteiger partial charge is 0.365 e. The number of carbonyl (C=O) groups is 2. The topological polar surface area (TPSA) is 56.4 Å². The van der Waals surface area contributed by atoms with E-state index in [1.807, 2.05) is 46.3 Å². The average Bonchev–Trinajstić information content (AvgIpc) is 3.10. The molecule has 0 spiro atoms. The SMILES string of the molecule is O=C(Cc1ccc[nH]1)N1CCN(C(=O)Cc2ccccc2Cl)CC1. The number of amides is 2. The van der Waals surface area contributed by atoms with Crippen molar-refractivity contribution in [3.05, 3.63) is 58.9 Å². The summed E-state index contributed by atoms with van der Waals surface area (Å²) in [5.74, 6) is 0.148. The average molecular weight is 346 g/mol. The number of H-pyrrole nitrogens is 1. The maximum atomic E-state index is 12.4. The fourth-order valence-electron chi connectivity index (χ4n) is 2.87. The number of aromatic nitrogens is 1. The molecule has 2 heterocycles. The van der Waals surface area contributed by atoms with Gasteiger partial charge in [-0.05, 0) is 23.8 Å². The molecule has 6 heteroatoms. The Morgan fingerprint density at radius 1 is 0.917 bits per heavy atom. The van der Waals surface area contributed by atoms with E-state index in [4.69, 9.17) is 11.6 Å². The fraction of sp³-hybridized carbons (Fsp3) is 0.333. The standard InChI is InChI=1S/C18H20ClN3O2/c19-16-6-2-1-4-14(16)12-17(23)21-8-10-22(11-9-21)18(24)13-15-5-3-7-20-15/h1-7,20H,8-13H2. The number of hydrogen-bond acceptors (Lipinski definition) is 2. The Labute approximate surface area is 146 Å². The van der Waals surface area contributed by atoms with Gasteiger partial charge in [-0.25, -0.2) is 0 Å². The van der Waals surface area contributed by atoms with Gasteiger partial charge >= 0.3 is 0 Å². The number of nitrogens with zero attached hydrogens (tertiary/aromatic N) is 2. The van der Waals surface area contributed by atoms with E-state index in [1.165, 1.54) is 0 Å². The summed E-state index contributed by atoms with van der Waals surface area (Å²) >= 11 is 6.11. The van der Waals surface area contributed by atoms with Gasteiger partial charge in [-0.15, -0.1) is 0 Å². The van der Waals surface area contributed by atoms with Crippen molar-refractivity contribution < 1.29 is 9.59 Å². The second kappa shape index (κ2) is 7.53. The van der Waals surface area contributed by atoms with Gasteiger partial charge in [0.1, 0.15) is 0 Å². The Bertz CT molecular complexity index is 707.